The van der Waals surface area contributed by atoms with Gasteiger partial charge in [0, 0.05) is 0 Å². The Balaban J connectivity index is 1.18. The van der Waals surface area contributed by atoms with E-state index in [1.54, 1.807) is 0 Å². The summed E-state index contributed by atoms with van der Waals surface area (Å²) in [4.78, 5) is 0. The Kier molecular flexibility index (Phi) is 8.24. The molecule has 0 aromatic heterocycles. The average Bonchev–Trinajstić information content (AvgIpc) is 3.78. The number of benzene rings is 11. The summed E-state index contributed by atoms with van der Waals surface area (Å²) in [7, 11) is 0. The standard InChI is InChI=1S/C66H50/c1-35-9-13-43(14-10-35)47-29-57-49-19-17-45(63-39(5)23-37(3)24-40(63)6)27-53(49)61-33-55-51(59(31-47)65(57)61)21-22-52-56(55)34-62-54-28-46(64-41(7)25-38(4)26-42(64)8)18-20-50(54)58-30-48(32-60(52)66(58)62)44-15-11-36(2)12-16-44/h9-34H,1-8H3. The normalized spacial score (nSPS) is 12.2. The smallest absolute Gasteiger partial charge is 0.00195 e. The summed E-state index contributed by atoms with van der Waals surface area (Å²) in [5.74, 6) is 0. The molecule has 0 heteroatoms. The second kappa shape index (κ2) is 14.0. The van der Waals surface area contributed by atoms with Crippen LogP contribution < -0.4 is 0 Å². The third-order valence-electron chi connectivity index (χ3n) is 15.2. The molecule has 0 spiro atoms. The van der Waals surface area contributed by atoms with Crippen LogP contribution in [0.2, 0.25) is 0 Å². The Hall–Kier alpha value is -7.54. The quantitative estimate of drug-likeness (QED) is 0.155. The van der Waals surface area contributed by atoms with Gasteiger partial charge >= 0.3 is 0 Å². The maximum Gasteiger partial charge on any atom is -0.00195 e. The van der Waals surface area contributed by atoms with Crippen molar-refractivity contribution in [2.24, 2.45) is 0 Å². The van der Waals surface area contributed by atoms with E-state index in [4.69, 9.17) is 0 Å². The fraction of sp³-hybridized carbons (Fsp3) is 0.121. The third kappa shape index (κ3) is 5.64. The van der Waals surface area contributed by atoms with Gasteiger partial charge in [-0.1, -0.05) is 131 Å². The van der Waals surface area contributed by atoms with Crippen molar-refractivity contribution >= 4 is 86.2 Å². The van der Waals surface area contributed by atoms with Crippen molar-refractivity contribution in [3.05, 3.63) is 202 Å². The van der Waals surface area contributed by atoms with E-state index in [1.165, 1.54) is 175 Å². The minimum Gasteiger partial charge on any atom is -0.0587 e. The first kappa shape index (κ1) is 38.9. The van der Waals surface area contributed by atoms with Crippen molar-refractivity contribution in [2.45, 2.75) is 55.4 Å². The van der Waals surface area contributed by atoms with Crippen LogP contribution >= 0.6 is 0 Å². The van der Waals surface area contributed by atoms with Crippen molar-refractivity contribution in [1.82, 2.24) is 0 Å². The highest BCUT2D eigenvalue weighted by Crippen LogP contribution is 2.50. The van der Waals surface area contributed by atoms with Gasteiger partial charge in [-0.15, -0.1) is 0 Å². The van der Waals surface area contributed by atoms with Gasteiger partial charge in [0.15, 0.2) is 0 Å². The van der Waals surface area contributed by atoms with Crippen LogP contribution in [-0.4, -0.2) is 0 Å². The van der Waals surface area contributed by atoms with Gasteiger partial charge in [-0.3, -0.25) is 0 Å². The first-order chi connectivity index (χ1) is 32.0. The van der Waals surface area contributed by atoms with E-state index in [1.807, 2.05) is 0 Å². The van der Waals surface area contributed by atoms with Crippen molar-refractivity contribution in [2.75, 3.05) is 0 Å². The molecule has 13 rings (SSSR count). The SMILES string of the molecule is Cc1ccc(-c2cc3c4ccc5c(cc6c7cc(-c8c(C)cc(C)cc8C)ccc7c7cc(-c8ccc(C)cc8)cc5c76)c4cc4c5cc(-c6c(C)cc(C)cc6C)ccc5c(c2)c34)cc1. The maximum atomic E-state index is 2.55. The molecule has 13 aromatic carbocycles. The highest BCUT2D eigenvalue weighted by atomic mass is 14.3. The summed E-state index contributed by atoms with van der Waals surface area (Å²) in [6, 6.07) is 61.7. The zero-order valence-corrected chi connectivity index (χ0v) is 39.0. The molecule has 0 atom stereocenters. The minimum absolute atomic E-state index is 1.25. The summed E-state index contributed by atoms with van der Waals surface area (Å²) in [5.41, 5.74) is 20.7. The van der Waals surface area contributed by atoms with Crippen LogP contribution in [0.15, 0.2) is 158 Å². The summed E-state index contributed by atoms with van der Waals surface area (Å²) in [6.45, 7) is 17.8. The lowest BCUT2D eigenvalue weighted by atomic mass is 9.89. The Bertz CT molecular complexity index is 3880. The van der Waals surface area contributed by atoms with Crippen LogP contribution in [0, 0.1) is 55.4 Å². The van der Waals surface area contributed by atoms with Crippen LogP contribution in [0.5, 0.6) is 0 Å². The van der Waals surface area contributed by atoms with Gasteiger partial charge in [-0.25, -0.2) is 0 Å². The number of rotatable bonds is 4. The van der Waals surface area contributed by atoms with Gasteiger partial charge in [0.2, 0.25) is 0 Å². The summed E-state index contributed by atoms with van der Waals surface area (Å²) < 4.78 is 0. The van der Waals surface area contributed by atoms with Crippen molar-refractivity contribution < 1.29 is 0 Å². The topological polar surface area (TPSA) is 0 Å². The van der Waals surface area contributed by atoms with E-state index >= 15 is 0 Å². The molecule has 314 valence electrons. The van der Waals surface area contributed by atoms with Crippen molar-refractivity contribution in [1.29, 1.82) is 0 Å². The second-order valence-electron chi connectivity index (χ2n) is 19.8. The van der Waals surface area contributed by atoms with Gasteiger partial charge < -0.3 is 0 Å². The van der Waals surface area contributed by atoms with Crippen LogP contribution in [-0.2, 0) is 0 Å². The largest absolute Gasteiger partial charge is 0.0587 e. The molecule has 0 nitrogen and oxygen atoms in total. The first-order valence-corrected chi connectivity index (χ1v) is 23.6. The molecular formula is C66H50. The molecule has 0 fully saturated rings. The molecule has 0 unspecified atom stereocenters. The molecule has 0 aliphatic carbocycles. The lowest BCUT2D eigenvalue weighted by molar-refractivity contribution is 1.32. The molecule has 0 aliphatic rings. The third-order valence-corrected chi connectivity index (χ3v) is 15.2. The fourth-order valence-electron chi connectivity index (χ4n) is 12.4. The van der Waals surface area contributed by atoms with E-state index < -0.39 is 0 Å². The van der Waals surface area contributed by atoms with Crippen molar-refractivity contribution in [3.63, 3.8) is 0 Å². The monoisotopic (exact) mass is 842 g/mol. The van der Waals surface area contributed by atoms with Gasteiger partial charge in [-0.05, 0) is 257 Å². The number of hydrogen-bond acceptors (Lipinski definition) is 0. The van der Waals surface area contributed by atoms with Gasteiger partial charge in [0.25, 0.3) is 0 Å². The highest BCUT2D eigenvalue weighted by Gasteiger charge is 2.22. The second-order valence-corrected chi connectivity index (χ2v) is 19.8. The van der Waals surface area contributed by atoms with E-state index in [9.17, 15) is 0 Å². The van der Waals surface area contributed by atoms with E-state index in [0.717, 1.165) is 0 Å². The summed E-state index contributed by atoms with van der Waals surface area (Å²) in [5, 5.41) is 21.1. The average molecular weight is 843 g/mol. The van der Waals surface area contributed by atoms with E-state index in [2.05, 4.69) is 213 Å². The zero-order valence-electron chi connectivity index (χ0n) is 39.0. The van der Waals surface area contributed by atoms with Crippen LogP contribution in [0.4, 0.5) is 0 Å². The van der Waals surface area contributed by atoms with Gasteiger partial charge in [-0.2, -0.15) is 0 Å². The lowest BCUT2D eigenvalue weighted by Gasteiger charge is -2.14. The predicted molar refractivity (Wildman–Crippen MR) is 289 cm³/mol. The molecule has 0 amide bonds. The molecule has 0 heterocycles. The molecule has 0 N–H and O–H groups in total. The predicted octanol–water partition coefficient (Wildman–Crippen LogP) is 18.9. The maximum absolute atomic E-state index is 2.55. The minimum atomic E-state index is 1.25. The summed E-state index contributed by atoms with van der Waals surface area (Å²) in [6.07, 6.45) is 0. The first-order valence-electron chi connectivity index (χ1n) is 23.6. The van der Waals surface area contributed by atoms with Crippen LogP contribution in [0.3, 0.4) is 0 Å². The fourth-order valence-corrected chi connectivity index (χ4v) is 12.4. The number of aryl methyl sites for hydroxylation is 8. The molecule has 13 aromatic rings. The Morgan fingerprint density at radius 3 is 0.773 bits per heavy atom. The molecule has 66 heavy (non-hydrogen) atoms. The van der Waals surface area contributed by atoms with Crippen LogP contribution in [0.1, 0.15) is 44.5 Å². The zero-order chi connectivity index (χ0) is 44.9. The molecule has 0 aliphatic heterocycles. The van der Waals surface area contributed by atoms with E-state index in [-0.39, 0.29) is 0 Å². The molecule has 0 saturated carbocycles. The molecule has 0 bridgehead atoms. The summed E-state index contributed by atoms with van der Waals surface area (Å²) >= 11 is 0. The van der Waals surface area contributed by atoms with Crippen LogP contribution in [0.25, 0.3) is 131 Å². The Morgan fingerprint density at radius 1 is 0.182 bits per heavy atom. The molecular weight excluding hydrogens is 793 g/mol. The van der Waals surface area contributed by atoms with Gasteiger partial charge in [0.1, 0.15) is 0 Å². The molecule has 0 saturated heterocycles. The Morgan fingerprint density at radius 2 is 0.439 bits per heavy atom. The molecule has 0 radical (unpaired) electrons. The lowest BCUT2D eigenvalue weighted by Crippen LogP contribution is -1.90. The Labute approximate surface area is 386 Å². The van der Waals surface area contributed by atoms with Gasteiger partial charge in [0.05, 0.1) is 0 Å². The highest BCUT2D eigenvalue weighted by molar-refractivity contribution is 6.41. The van der Waals surface area contributed by atoms with E-state index in [0.29, 0.717) is 0 Å². The van der Waals surface area contributed by atoms with Crippen molar-refractivity contribution in [3.8, 4) is 44.5 Å². The number of hydrogen-bond donors (Lipinski definition) is 0. The number of fused-ring (bicyclic) bond motifs is 11.